The van der Waals surface area contributed by atoms with Gasteiger partial charge in [-0.15, -0.1) is 0 Å². The third-order valence-electron chi connectivity index (χ3n) is 6.03. The summed E-state index contributed by atoms with van der Waals surface area (Å²) in [4.78, 5) is 4.72. The molecule has 4 saturated carbocycles. The molecule has 0 unspecified atom stereocenters. The number of fused-ring (bicyclic) bond motifs is 1. The van der Waals surface area contributed by atoms with Gasteiger partial charge in [-0.1, -0.05) is 12.1 Å². The lowest BCUT2D eigenvalue weighted by molar-refractivity contribution is -0.0549. The number of oxazole rings is 1. The Morgan fingerprint density at radius 2 is 1.65 bits per heavy atom. The van der Waals surface area contributed by atoms with E-state index in [2.05, 4.69) is 6.07 Å². The van der Waals surface area contributed by atoms with Crippen molar-refractivity contribution in [1.82, 2.24) is 4.98 Å². The molecule has 0 spiro atoms. The minimum Gasteiger partial charge on any atom is -0.441 e. The Morgan fingerprint density at radius 3 is 2.30 bits per heavy atom. The van der Waals surface area contributed by atoms with Crippen molar-refractivity contribution in [3.8, 4) is 0 Å². The van der Waals surface area contributed by atoms with Crippen LogP contribution >= 0.6 is 0 Å². The summed E-state index contributed by atoms with van der Waals surface area (Å²) >= 11 is 0. The number of nitrogens with zero attached hydrogens (tertiary/aromatic N) is 1. The predicted molar refractivity (Wildman–Crippen MR) is 78.3 cm³/mol. The number of hydrogen-bond acceptors (Lipinski definition) is 2. The SMILES string of the molecule is c1ccc2oc(CC34CC5CC(CC(C5)C3)C4)nc2c1. The van der Waals surface area contributed by atoms with Crippen LogP contribution in [-0.2, 0) is 6.42 Å². The first kappa shape index (κ1) is 11.4. The van der Waals surface area contributed by atoms with E-state index in [4.69, 9.17) is 9.40 Å². The largest absolute Gasteiger partial charge is 0.441 e. The lowest BCUT2D eigenvalue weighted by atomic mass is 9.49. The first-order chi connectivity index (χ1) is 9.78. The van der Waals surface area contributed by atoms with Crippen molar-refractivity contribution >= 4 is 11.1 Å². The van der Waals surface area contributed by atoms with Crippen LogP contribution in [0.3, 0.4) is 0 Å². The van der Waals surface area contributed by atoms with Crippen LogP contribution in [0.5, 0.6) is 0 Å². The third-order valence-corrected chi connectivity index (χ3v) is 6.03. The number of benzene rings is 1. The Hall–Kier alpha value is -1.31. The topological polar surface area (TPSA) is 26.0 Å². The second-order valence-electron chi connectivity index (χ2n) is 7.67. The molecule has 1 heterocycles. The predicted octanol–water partition coefficient (Wildman–Crippen LogP) is 4.59. The Morgan fingerprint density at radius 1 is 1.00 bits per heavy atom. The fraction of sp³-hybridized carbons (Fsp3) is 0.611. The maximum Gasteiger partial charge on any atom is 0.196 e. The van der Waals surface area contributed by atoms with Gasteiger partial charge in [-0.2, -0.15) is 0 Å². The van der Waals surface area contributed by atoms with E-state index >= 15 is 0 Å². The van der Waals surface area contributed by atoms with E-state index in [1.54, 1.807) is 0 Å². The number of hydrogen-bond donors (Lipinski definition) is 0. The lowest BCUT2D eigenvalue weighted by Crippen LogP contribution is -2.47. The van der Waals surface area contributed by atoms with Crippen LogP contribution < -0.4 is 0 Å². The third kappa shape index (κ3) is 1.66. The van der Waals surface area contributed by atoms with Gasteiger partial charge < -0.3 is 4.42 Å². The lowest BCUT2D eigenvalue weighted by Gasteiger charge is -2.56. The van der Waals surface area contributed by atoms with E-state index in [0.717, 1.165) is 41.2 Å². The van der Waals surface area contributed by atoms with Crippen molar-refractivity contribution < 1.29 is 4.42 Å². The molecule has 0 saturated heterocycles. The Balaban J connectivity index is 1.48. The number of para-hydroxylation sites is 2. The smallest absolute Gasteiger partial charge is 0.196 e. The average Bonchev–Trinajstić information content (AvgIpc) is 2.77. The first-order valence-electron chi connectivity index (χ1n) is 8.12. The molecule has 4 aliphatic rings. The molecule has 2 nitrogen and oxygen atoms in total. The van der Waals surface area contributed by atoms with E-state index in [1.807, 2.05) is 18.2 Å². The van der Waals surface area contributed by atoms with Crippen molar-refractivity contribution in [1.29, 1.82) is 0 Å². The van der Waals surface area contributed by atoms with Gasteiger partial charge >= 0.3 is 0 Å². The average molecular weight is 267 g/mol. The second kappa shape index (κ2) is 3.87. The molecule has 20 heavy (non-hydrogen) atoms. The van der Waals surface area contributed by atoms with E-state index in [0.29, 0.717) is 5.41 Å². The molecule has 0 aliphatic heterocycles. The van der Waals surface area contributed by atoms with E-state index in [9.17, 15) is 0 Å². The van der Waals surface area contributed by atoms with Crippen LogP contribution in [0.4, 0.5) is 0 Å². The van der Waals surface area contributed by atoms with Crippen molar-refractivity contribution in [2.24, 2.45) is 23.2 Å². The standard InChI is InChI=1S/C18H21NO/c1-2-4-16-15(3-1)19-17(20-16)11-18-8-12-5-13(9-18)7-14(6-12)10-18/h1-4,12-14H,5-11H2. The molecular formula is C18H21NO. The summed E-state index contributed by atoms with van der Waals surface area (Å²) in [7, 11) is 0. The summed E-state index contributed by atoms with van der Waals surface area (Å²) in [6.45, 7) is 0. The van der Waals surface area contributed by atoms with Crippen molar-refractivity contribution in [3.63, 3.8) is 0 Å². The van der Waals surface area contributed by atoms with Gasteiger partial charge in [0.05, 0.1) is 0 Å². The van der Waals surface area contributed by atoms with Crippen molar-refractivity contribution in [2.75, 3.05) is 0 Å². The molecule has 2 heteroatoms. The zero-order chi connectivity index (χ0) is 13.2. The van der Waals surface area contributed by atoms with Crippen LogP contribution in [0, 0.1) is 23.2 Å². The van der Waals surface area contributed by atoms with E-state index < -0.39 is 0 Å². The normalized spacial score (nSPS) is 38.7. The molecule has 6 rings (SSSR count). The van der Waals surface area contributed by atoms with Gasteiger partial charge in [0, 0.05) is 6.42 Å². The fourth-order valence-electron chi connectivity index (χ4n) is 5.82. The summed E-state index contributed by atoms with van der Waals surface area (Å²) in [6.07, 6.45) is 9.88. The molecular weight excluding hydrogens is 246 g/mol. The molecule has 1 aromatic heterocycles. The van der Waals surface area contributed by atoms with Gasteiger partial charge in [0.25, 0.3) is 0 Å². The quantitative estimate of drug-likeness (QED) is 0.795. The van der Waals surface area contributed by atoms with Gasteiger partial charge in [-0.25, -0.2) is 4.98 Å². The van der Waals surface area contributed by atoms with Crippen LogP contribution in [0.15, 0.2) is 28.7 Å². The molecule has 1 aromatic carbocycles. The zero-order valence-corrected chi connectivity index (χ0v) is 11.8. The van der Waals surface area contributed by atoms with E-state index in [1.165, 1.54) is 38.5 Å². The summed E-state index contributed by atoms with van der Waals surface area (Å²) < 4.78 is 6.00. The van der Waals surface area contributed by atoms with Gasteiger partial charge in [0.2, 0.25) is 0 Å². The monoisotopic (exact) mass is 267 g/mol. The Bertz CT molecular complexity index is 588. The minimum atomic E-state index is 0.523. The molecule has 104 valence electrons. The molecule has 0 atom stereocenters. The van der Waals surface area contributed by atoms with Crippen molar-refractivity contribution in [2.45, 2.75) is 44.9 Å². The van der Waals surface area contributed by atoms with Gasteiger partial charge in [-0.05, 0) is 73.8 Å². The van der Waals surface area contributed by atoms with Crippen molar-refractivity contribution in [3.05, 3.63) is 30.2 Å². The summed E-state index contributed by atoms with van der Waals surface area (Å²) in [5.41, 5.74) is 2.50. The van der Waals surface area contributed by atoms with Gasteiger partial charge in [0.15, 0.2) is 11.5 Å². The van der Waals surface area contributed by atoms with Crippen LogP contribution in [-0.4, -0.2) is 4.98 Å². The summed E-state index contributed by atoms with van der Waals surface area (Å²) in [5, 5.41) is 0. The minimum absolute atomic E-state index is 0.523. The second-order valence-corrected chi connectivity index (χ2v) is 7.67. The Labute approximate surface area is 119 Å². The van der Waals surface area contributed by atoms with Crippen LogP contribution in [0.1, 0.15) is 44.4 Å². The molecule has 2 aromatic rings. The summed E-state index contributed by atoms with van der Waals surface area (Å²) in [5.74, 6) is 4.00. The van der Waals surface area contributed by atoms with Gasteiger partial charge in [0.1, 0.15) is 5.52 Å². The molecule has 4 bridgehead atoms. The highest BCUT2D eigenvalue weighted by Crippen LogP contribution is 2.61. The maximum absolute atomic E-state index is 6.00. The highest BCUT2D eigenvalue weighted by atomic mass is 16.3. The highest BCUT2D eigenvalue weighted by molar-refractivity contribution is 5.72. The summed E-state index contributed by atoms with van der Waals surface area (Å²) in [6, 6.07) is 8.16. The molecule has 4 fully saturated rings. The van der Waals surface area contributed by atoms with Crippen LogP contribution in [0.25, 0.3) is 11.1 Å². The first-order valence-corrected chi connectivity index (χ1v) is 8.12. The zero-order valence-electron chi connectivity index (χ0n) is 11.8. The maximum atomic E-state index is 6.00. The number of rotatable bonds is 2. The Kier molecular flexibility index (Phi) is 2.20. The molecule has 4 aliphatic carbocycles. The van der Waals surface area contributed by atoms with Gasteiger partial charge in [-0.3, -0.25) is 0 Å². The molecule has 0 radical (unpaired) electrons. The molecule has 0 N–H and O–H groups in total. The number of aromatic nitrogens is 1. The highest BCUT2D eigenvalue weighted by Gasteiger charge is 2.51. The van der Waals surface area contributed by atoms with Crippen LogP contribution in [0.2, 0.25) is 0 Å². The molecule has 0 amide bonds. The van der Waals surface area contributed by atoms with E-state index in [-0.39, 0.29) is 0 Å². The fourth-order valence-corrected chi connectivity index (χ4v) is 5.82.